The van der Waals surface area contributed by atoms with Gasteiger partial charge in [-0.2, -0.15) is 0 Å². The Balaban J connectivity index is 2.54. The molecule has 0 spiro atoms. The zero-order chi connectivity index (χ0) is 10.8. The van der Waals surface area contributed by atoms with Crippen LogP contribution in [0.15, 0.2) is 33.6 Å². The van der Waals surface area contributed by atoms with Crippen LogP contribution in [0.25, 0.3) is 11.4 Å². The van der Waals surface area contributed by atoms with Crippen molar-refractivity contribution in [3.05, 3.63) is 40.4 Å². The Hall–Kier alpha value is -1.88. The molecule has 0 aliphatic rings. The predicted octanol–water partition coefficient (Wildman–Crippen LogP) is 0.499. The first-order valence-corrected chi connectivity index (χ1v) is 4.54. The molecule has 0 fully saturated rings. The Morgan fingerprint density at radius 3 is 2.93 bits per heavy atom. The molecule has 0 saturated heterocycles. The summed E-state index contributed by atoms with van der Waals surface area (Å²) in [6, 6.07) is 7.53. The van der Waals surface area contributed by atoms with Gasteiger partial charge in [0.15, 0.2) is 5.82 Å². The van der Waals surface area contributed by atoms with Crippen LogP contribution in [0.3, 0.4) is 0 Å². The second kappa shape index (κ2) is 3.70. The average Bonchev–Trinajstić information content (AvgIpc) is 2.60. The van der Waals surface area contributed by atoms with E-state index in [0.29, 0.717) is 12.4 Å². The molecular formula is C10H11N3O2. The maximum Gasteiger partial charge on any atom is 0.441 e. The Bertz CT molecular complexity index is 527. The fourth-order valence-corrected chi connectivity index (χ4v) is 1.37. The van der Waals surface area contributed by atoms with Gasteiger partial charge >= 0.3 is 5.76 Å². The number of hydrogen-bond donors (Lipinski definition) is 1. The van der Waals surface area contributed by atoms with Gasteiger partial charge in [-0.1, -0.05) is 23.4 Å². The van der Waals surface area contributed by atoms with Crippen LogP contribution in [-0.4, -0.2) is 9.72 Å². The fourth-order valence-electron chi connectivity index (χ4n) is 1.37. The molecule has 0 bridgehead atoms. The zero-order valence-electron chi connectivity index (χ0n) is 8.30. The number of aromatic nitrogens is 2. The molecule has 2 rings (SSSR count). The summed E-state index contributed by atoms with van der Waals surface area (Å²) in [5, 5.41) is 3.70. The molecule has 1 aromatic carbocycles. The van der Waals surface area contributed by atoms with E-state index in [0.717, 1.165) is 11.1 Å². The van der Waals surface area contributed by atoms with Gasteiger partial charge in [-0.05, 0) is 11.6 Å². The molecule has 0 amide bonds. The Kier molecular flexibility index (Phi) is 2.39. The van der Waals surface area contributed by atoms with Crippen molar-refractivity contribution in [1.82, 2.24) is 9.72 Å². The van der Waals surface area contributed by atoms with Crippen molar-refractivity contribution < 1.29 is 4.52 Å². The standard InChI is InChI=1S/C10H11N3O2/c1-13-9(12-15-10(13)14)8-4-2-3-7(5-8)6-11/h2-5H,6,11H2,1H3. The lowest BCUT2D eigenvalue weighted by molar-refractivity contribution is 0.380. The zero-order valence-corrected chi connectivity index (χ0v) is 8.30. The van der Waals surface area contributed by atoms with Crippen molar-refractivity contribution in [3.63, 3.8) is 0 Å². The molecule has 0 atom stereocenters. The van der Waals surface area contributed by atoms with Crippen molar-refractivity contribution in [2.24, 2.45) is 12.8 Å². The average molecular weight is 205 g/mol. The van der Waals surface area contributed by atoms with Gasteiger partial charge in [-0.3, -0.25) is 9.09 Å². The first-order chi connectivity index (χ1) is 7.22. The van der Waals surface area contributed by atoms with E-state index in [2.05, 4.69) is 9.68 Å². The minimum Gasteiger partial charge on any atom is -0.326 e. The second-order valence-corrected chi connectivity index (χ2v) is 3.24. The smallest absolute Gasteiger partial charge is 0.326 e. The molecule has 1 heterocycles. The Labute approximate surface area is 86.1 Å². The highest BCUT2D eigenvalue weighted by Gasteiger charge is 2.08. The van der Waals surface area contributed by atoms with E-state index in [9.17, 15) is 4.79 Å². The molecule has 15 heavy (non-hydrogen) atoms. The maximum absolute atomic E-state index is 11.1. The summed E-state index contributed by atoms with van der Waals surface area (Å²) in [6.45, 7) is 0.458. The second-order valence-electron chi connectivity index (χ2n) is 3.24. The van der Waals surface area contributed by atoms with Gasteiger partial charge in [-0.25, -0.2) is 4.79 Å². The van der Waals surface area contributed by atoms with Crippen molar-refractivity contribution in [3.8, 4) is 11.4 Å². The third-order valence-corrected chi connectivity index (χ3v) is 2.22. The summed E-state index contributed by atoms with van der Waals surface area (Å²) in [7, 11) is 1.61. The lowest BCUT2D eigenvalue weighted by Crippen LogP contribution is -2.10. The summed E-state index contributed by atoms with van der Waals surface area (Å²) in [4.78, 5) is 11.1. The third-order valence-electron chi connectivity index (χ3n) is 2.22. The van der Waals surface area contributed by atoms with Crippen LogP contribution in [0.1, 0.15) is 5.56 Å². The molecule has 0 radical (unpaired) electrons. The number of nitrogens with two attached hydrogens (primary N) is 1. The van der Waals surface area contributed by atoms with Crippen molar-refractivity contribution >= 4 is 0 Å². The number of benzene rings is 1. The number of rotatable bonds is 2. The highest BCUT2D eigenvalue weighted by Crippen LogP contribution is 2.16. The number of nitrogens with zero attached hydrogens (tertiary/aromatic N) is 2. The van der Waals surface area contributed by atoms with Crippen LogP contribution in [0.4, 0.5) is 0 Å². The summed E-state index contributed by atoms with van der Waals surface area (Å²) < 4.78 is 5.91. The molecule has 2 N–H and O–H groups in total. The fraction of sp³-hybridized carbons (Fsp3) is 0.200. The molecular weight excluding hydrogens is 194 g/mol. The van der Waals surface area contributed by atoms with E-state index in [1.807, 2.05) is 24.3 Å². The van der Waals surface area contributed by atoms with E-state index in [4.69, 9.17) is 5.73 Å². The normalized spacial score (nSPS) is 10.5. The van der Waals surface area contributed by atoms with E-state index in [1.165, 1.54) is 4.57 Å². The van der Waals surface area contributed by atoms with Crippen LogP contribution in [0.5, 0.6) is 0 Å². The van der Waals surface area contributed by atoms with E-state index < -0.39 is 5.76 Å². The van der Waals surface area contributed by atoms with Crippen LogP contribution >= 0.6 is 0 Å². The largest absolute Gasteiger partial charge is 0.441 e. The van der Waals surface area contributed by atoms with Crippen molar-refractivity contribution in [1.29, 1.82) is 0 Å². The van der Waals surface area contributed by atoms with Gasteiger partial charge < -0.3 is 5.73 Å². The predicted molar refractivity (Wildman–Crippen MR) is 55.1 cm³/mol. The lowest BCUT2D eigenvalue weighted by Gasteiger charge is -2.01. The first-order valence-electron chi connectivity index (χ1n) is 4.54. The lowest BCUT2D eigenvalue weighted by atomic mass is 10.1. The monoisotopic (exact) mass is 205 g/mol. The summed E-state index contributed by atoms with van der Waals surface area (Å²) >= 11 is 0. The van der Waals surface area contributed by atoms with Gasteiger partial charge in [-0.15, -0.1) is 0 Å². The highest BCUT2D eigenvalue weighted by atomic mass is 16.5. The van der Waals surface area contributed by atoms with Crippen LogP contribution < -0.4 is 11.5 Å². The SMILES string of the molecule is Cn1c(-c2cccc(CN)c2)noc1=O. The third kappa shape index (κ3) is 1.69. The summed E-state index contributed by atoms with van der Waals surface area (Å²) in [5.74, 6) is 0.0402. The molecule has 5 heteroatoms. The summed E-state index contributed by atoms with van der Waals surface area (Å²) in [5.41, 5.74) is 7.34. The van der Waals surface area contributed by atoms with Gasteiger partial charge in [0, 0.05) is 19.2 Å². The summed E-state index contributed by atoms with van der Waals surface area (Å²) in [6.07, 6.45) is 0. The van der Waals surface area contributed by atoms with Crippen molar-refractivity contribution in [2.75, 3.05) is 0 Å². The molecule has 1 aromatic heterocycles. The molecule has 2 aromatic rings. The van der Waals surface area contributed by atoms with Crippen molar-refractivity contribution in [2.45, 2.75) is 6.54 Å². The molecule has 5 nitrogen and oxygen atoms in total. The molecule has 0 saturated carbocycles. The molecule has 0 unspecified atom stereocenters. The highest BCUT2D eigenvalue weighted by molar-refractivity contribution is 5.55. The van der Waals surface area contributed by atoms with Crippen LogP contribution in [0.2, 0.25) is 0 Å². The van der Waals surface area contributed by atoms with Gasteiger partial charge in [0.05, 0.1) is 0 Å². The van der Waals surface area contributed by atoms with Gasteiger partial charge in [0.1, 0.15) is 0 Å². The van der Waals surface area contributed by atoms with E-state index in [-0.39, 0.29) is 0 Å². The maximum atomic E-state index is 11.1. The molecule has 0 aliphatic heterocycles. The number of hydrogen-bond acceptors (Lipinski definition) is 4. The first kappa shape index (κ1) is 9.67. The van der Waals surface area contributed by atoms with Crippen LogP contribution in [-0.2, 0) is 13.6 Å². The minimum atomic E-state index is -0.469. The molecule has 78 valence electrons. The molecule has 0 aliphatic carbocycles. The van der Waals surface area contributed by atoms with E-state index >= 15 is 0 Å². The van der Waals surface area contributed by atoms with E-state index in [1.54, 1.807) is 7.05 Å². The Morgan fingerprint density at radius 1 is 1.53 bits per heavy atom. The quantitative estimate of drug-likeness (QED) is 0.774. The Morgan fingerprint density at radius 2 is 2.33 bits per heavy atom. The topological polar surface area (TPSA) is 74.1 Å². The van der Waals surface area contributed by atoms with Gasteiger partial charge in [0.2, 0.25) is 0 Å². The minimum absolute atomic E-state index is 0.458. The van der Waals surface area contributed by atoms with Gasteiger partial charge in [0.25, 0.3) is 0 Å². The van der Waals surface area contributed by atoms with Crippen LogP contribution in [0, 0.1) is 0 Å².